The van der Waals surface area contributed by atoms with Gasteiger partial charge in [-0.1, -0.05) is 11.6 Å². The quantitative estimate of drug-likeness (QED) is 0.927. The molecule has 0 saturated carbocycles. The van der Waals surface area contributed by atoms with Crippen LogP contribution in [0.4, 0.5) is 5.95 Å². The van der Waals surface area contributed by atoms with Gasteiger partial charge in [0, 0.05) is 19.0 Å². The van der Waals surface area contributed by atoms with Crippen molar-refractivity contribution >= 4 is 38.6 Å². The summed E-state index contributed by atoms with van der Waals surface area (Å²) in [4.78, 5) is 8.30. The lowest BCUT2D eigenvalue weighted by Crippen LogP contribution is -2.36. The number of nitrogen functional groups attached to an aromatic ring is 1. The lowest BCUT2D eigenvalue weighted by molar-refractivity contribution is 0.510. The third-order valence-corrected chi connectivity index (χ3v) is 5.47. The normalized spacial score (nSPS) is 13.1. The Bertz CT molecular complexity index is 736. The first-order chi connectivity index (χ1) is 8.62. The summed E-state index contributed by atoms with van der Waals surface area (Å²) < 4.78 is 24.2. The lowest BCUT2D eigenvalue weighted by Gasteiger charge is -2.23. The lowest BCUT2D eigenvalue weighted by atomic mass is 10.2. The number of pyridine rings is 1. The molecular weight excluding hydrogens is 288 g/mol. The Morgan fingerprint density at radius 1 is 1.47 bits per heavy atom. The van der Waals surface area contributed by atoms with Crippen LogP contribution in [0.15, 0.2) is 12.3 Å². The van der Waals surface area contributed by atoms with E-state index in [1.165, 1.54) is 12.5 Å². The number of fused-ring (bicyclic) bond motifs is 1. The summed E-state index contributed by atoms with van der Waals surface area (Å²) >= 11 is 5.84. The van der Waals surface area contributed by atoms with Crippen molar-refractivity contribution in [1.29, 1.82) is 0 Å². The van der Waals surface area contributed by atoms with Gasteiger partial charge in [0.15, 0.2) is 15.5 Å². The molecule has 2 N–H and O–H groups in total. The third kappa shape index (κ3) is 2.52. The van der Waals surface area contributed by atoms with Gasteiger partial charge in [-0.25, -0.2) is 18.4 Å². The average molecular weight is 303 g/mol. The minimum Gasteiger partial charge on any atom is -0.369 e. The summed E-state index contributed by atoms with van der Waals surface area (Å²) in [6.07, 6.45) is 2.68. The van der Waals surface area contributed by atoms with E-state index < -0.39 is 14.6 Å². The highest BCUT2D eigenvalue weighted by Gasteiger charge is 2.32. The van der Waals surface area contributed by atoms with Gasteiger partial charge < -0.3 is 5.73 Å². The molecule has 2 rings (SSSR count). The topological polar surface area (TPSA) is 90.9 Å². The van der Waals surface area contributed by atoms with Gasteiger partial charge in [-0.2, -0.15) is 0 Å². The molecule has 0 atom stereocenters. The first kappa shape index (κ1) is 14.1. The fraction of sp³-hybridized carbons (Fsp3) is 0.455. The zero-order chi connectivity index (χ0) is 14.4. The first-order valence-electron chi connectivity index (χ1n) is 5.59. The monoisotopic (exact) mass is 302 g/mol. The number of sulfone groups is 1. The van der Waals surface area contributed by atoms with Crippen LogP contribution in [0.5, 0.6) is 0 Å². The van der Waals surface area contributed by atoms with Gasteiger partial charge in [0.05, 0.1) is 9.77 Å². The van der Waals surface area contributed by atoms with Crippen molar-refractivity contribution < 1.29 is 8.42 Å². The highest BCUT2D eigenvalue weighted by molar-refractivity contribution is 7.92. The Morgan fingerprint density at radius 3 is 2.68 bits per heavy atom. The summed E-state index contributed by atoms with van der Waals surface area (Å²) in [5, 5.41) is 0.458. The van der Waals surface area contributed by atoms with Crippen LogP contribution in [0.3, 0.4) is 0 Å². The van der Waals surface area contributed by atoms with E-state index in [-0.39, 0.29) is 12.5 Å². The standard InChI is InChI=1S/C11H15ClN4O2S/c1-11(2,19(3,17)18)6-16-9-8(15-10(16)13)4-7(12)5-14-9/h4-5H,6H2,1-3H3,(H2,13,15). The Kier molecular flexibility index (Phi) is 3.22. The van der Waals surface area contributed by atoms with Crippen LogP contribution < -0.4 is 5.73 Å². The third-order valence-electron chi connectivity index (χ3n) is 3.12. The van der Waals surface area contributed by atoms with E-state index in [9.17, 15) is 8.42 Å². The Labute approximate surface area is 116 Å². The Hall–Kier alpha value is -1.34. The molecule has 104 valence electrons. The average Bonchev–Trinajstić information content (AvgIpc) is 2.52. The summed E-state index contributed by atoms with van der Waals surface area (Å²) in [5.41, 5.74) is 6.90. The predicted molar refractivity (Wildman–Crippen MR) is 75.9 cm³/mol. The summed E-state index contributed by atoms with van der Waals surface area (Å²) in [5.74, 6) is 0.224. The minimum absolute atomic E-state index is 0.183. The fourth-order valence-electron chi connectivity index (χ4n) is 1.66. The van der Waals surface area contributed by atoms with Gasteiger partial charge in [-0.05, 0) is 19.9 Å². The maximum Gasteiger partial charge on any atom is 0.202 e. The van der Waals surface area contributed by atoms with Crippen molar-refractivity contribution in [2.45, 2.75) is 25.1 Å². The van der Waals surface area contributed by atoms with Gasteiger partial charge in [-0.3, -0.25) is 4.57 Å². The van der Waals surface area contributed by atoms with Crippen molar-refractivity contribution in [1.82, 2.24) is 14.5 Å². The molecule has 0 fully saturated rings. The van der Waals surface area contributed by atoms with Gasteiger partial charge in [0.2, 0.25) is 5.95 Å². The maximum atomic E-state index is 11.8. The van der Waals surface area contributed by atoms with Crippen LogP contribution in [0.1, 0.15) is 13.8 Å². The highest BCUT2D eigenvalue weighted by atomic mass is 35.5. The van der Waals surface area contributed by atoms with Crippen LogP contribution in [0.2, 0.25) is 5.02 Å². The van der Waals surface area contributed by atoms with Crippen LogP contribution in [-0.4, -0.2) is 34.0 Å². The highest BCUT2D eigenvalue weighted by Crippen LogP contribution is 2.24. The maximum absolute atomic E-state index is 11.8. The van der Waals surface area contributed by atoms with E-state index in [2.05, 4.69) is 9.97 Å². The molecule has 0 saturated heterocycles. The molecule has 2 aromatic rings. The molecule has 0 radical (unpaired) electrons. The van der Waals surface area contributed by atoms with E-state index in [0.29, 0.717) is 16.2 Å². The van der Waals surface area contributed by atoms with E-state index in [4.69, 9.17) is 17.3 Å². The van der Waals surface area contributed by atoms with Crippen molar-refractivity contribution in [3.63, 3.8) is 0 Å². The van der Waals surface area contributed by atoms with Gasteiger partial charge in [0.25, 0.3) is 0 Å². The summed E-state index contributed by atoms with van der Waals surface area (Å²) in [6, 6.07) is 1.64. The number of hydrogen-bond donors (Lipinski definition) is 1. The predicted octanol–water partition coefficient (Wildman–Crippen LogP) is 1.49. The Morgan fingerprint density at radius 2 is 2.11 bits per heavy atom. The molecular formula is C11H15ClN4O2S. The number of aromatic nitrogens is 3. The number of halogens is 1. The number of nitrogens with zero attached hydrogens (tertiary/aromatic N) is 3. The van der Waals surface area contributed by atoms with E-state index in [0.717, 1.165) is 0 Å². The van der Waals surface area contributed by atoms with Gasteiger partial charge in [0.1, 0.15) is 5.52 Å². The number of rotatable bonds is 3. The largest absolute Gasteiger partial charge is 0.369 e. The Balaban J connectivity index is 2.55. The van der Waals surface area contributed by atoms with Crippen LogP contribution in [-0.2, 0) is 16.4 Å². The van der Waals surface area contributed by atoms with E-state index in [1.54, 1.807) is 24.5 Å². The molecule has 0 aliphatic carbocycles. The molecule has 0 spiro atoms. The molecule has 8 heteroatoms. The van der Waals surface area contributed by atoms with Crippen LogP contribution in [0, 0.1) is 0 Å². The van der Waals surface area contributed by atoms with Crippen LogP contribution >= 0.6 is 11.6 Å². The van der Waals surface area contributed by atoms with E-state index >= 15 is 0 Å². The second-order valence-corrected chi connectivity index (χ2v) is 8.17. The number of anilines is 1. The van der Waals surface area contributed by atoms with Crippen molar-refractivity contribution in [2.75, 3.05) is 12.0 Å². The molecule has 0 aromatic carbocycles. The smallest absolute Gasteiger partial charge is 0.202 e. The SMILES string of the molecule is CC(C)(Cn1c(N)nc2cc(Cl)cnc21)S(C)(=O)=O. The van der Waals surface area contributed by atoms with Crippen molar-refractivity contribution in [3.8, 4) is 0 Å². The summed E-state index contributed by atoms with van der Waals surface area (Å²) in [6.45, 7) is 3.47. The number of hydrogen-bond acceptors (Lipinski definition) is 5. The van der Waals surface area contributed by atoms with Crippen molar-refractivity contribution in [2.24, 2.45) is 0 Å². The van der Waals surface area contributed by atoms with Gasteiger partial charge in [-0.15, -0.1) is 0 Å². The van der Waals surface area contributed by atoms with Crippen LogP contribution in [0.25, 0.3) is 11.2 Å². The fourth-order valence-corrected chi connectivity index (χ4v) is 2.17. The summed E-state index contributed by atoms with van der Waals surface area (Å²) in [7, 11) is -3.23. The number of imidazole rings is 1. The molecule has 0 unspecified atom stereocenters. The molecule has 2 aromatic heterocycles. The van der Waals surface area contributed by atoms with E-state index in [1.807, 2.05) is 0 Å². The molecule has 0 amide bonds. The molecule has 2 heterocycles. The van der Waals surface area contributed by atoms with Gasteiger partial charge >= 0.3 is 0 Å². The zero-order valence-electron chi connectivity index (χ0n) is 10.9. The number of nitrogens with two attached hydrogens (primary N) is 1. The second kappa shape index (κ2) is 4.35. The minimum atomic E-state index is -3.23. The molecule has 19 heavy (non-hydrogen) atoms. The van der Waals surface area contributed by atoms with Crippen molar-refractivity contribution in [3.05, 3.63) is 17.3 Å². The molecule has 0 bridgehead atoms. The molecule has 0 aliphatic heterocycles. The zero-order valence-corrected chi connectivity index (χ0v) is 12.5. The molecule has 6 nitrogen and oxygen atoms in total. The molecule has 0 aliphatic rings. The second-order valence-electron chi connectivity index (χ2n) is 5.08. The first-order valence-corrected chi connectivity index (χ1v) is 7.85.